The van der Waals surface area contributed by atoms with Gasteiger partial charge in [-0.1, -0.05) is 18.2 Å². The van der Waals surface area contributed by atoms with Crippen LogP contribution in [0.15, 0.2) is 70.9 Å². The minimum absolute atomic E-state index is 0.0381. The average molecular weight is 564 g/mol. The number of hydrogen-bond acceptors (Lipinski definition) is 7. The molecule has 0 saturated heterocycles. The van der Waals surface area contributed by atoms with E-state index in [1.165, 1.54) is 16.1 Å². The number of amides is 1. The molecule has 1 aliphatic carbocycles. The maximum atomic E-state index is 12.8. The molecule has 6 rings (SSSR count). The molecule has 0 aliphatic heterocycles. The average Bonchev–Trinajstić information content (AvgIpc) is 3.64. The Morgan fingerprint density at radius 1 is 1.11 bits per heavy atom. The van der Waals surface area contributed by atoms with E-state index in [4.69, 9.17) is 9.72 Å². The number of thiophene rings is 1. The number of aromatic nitrogens is 6. The van der Waals surface area contributed by atoms with Gasteiger partial charge in [0.25, 0.3) is 5.91 Å². The van der Waals surface area contributed by atoms with Crippen LogP contribution in [0, 0.1) is 0 Å². The number of rotatable bonds is 6. The third-order valence-corrected chi connectivity index (χ3v) is 7.87. The van der Waals surface area contributed by atoms with Gasteiger partial charge in [0.05, 0.1) is 32.8 Å². The van der Waals surface area contributed by atoms with Gasteiger partial charge in [-0.15, -0.1) is 16.1 Å². The minimum atomic E-state index is -0.0381. The van der Waals surface area contributed by atoms with E-state index in [-0.39, 0.29) is 18.0 Å². The molecule has 1 saturated carbocycles. The van der Waals surface area contributed by atoms with Crippen molar-refractivity contribution >= 4 is 44.2 Å². The number of ether oxygens (including phenoxy) is 1. The molecule has 1 aliphatic rings. The summed E-state index contributed by atoms with van der Waals surface area (Å²) in [5.41, 5.74) is 1.62. The van der Waals surface area contributed by atoms with E-state index >= 15 is 0 Å². The van der Waals surface area contributed by atoms with Gasteiger partial charge in [0.15, 0.2) is 5.82 Å². The van der Waals surface area contributed by atoms with Crippen molar-refractivity contribution in [3.63, 3.8) is 0 Å². The lowest BCUT2D eigenvalue weighted by Crippen LogP contribution is -2.38. The van der Waals surface area contributed by atoms with Gasteiger partial charge in [0.1, 0.15) is 11.3 Å². The highest BCUT2D eigenvalue weighted by molar-refractivity contribution is 9.11. The Labute approximate surface area is 219 Å². The van der Waals surface area contributed by atoms with E-state index in [0.717, 1.165) is 40.5 Å². The molecule has 9 nitrogen and oxygen atoms in total. The van der Waals surface area contributed by atoms with E-state index in [1.807, 2.05) is 48.5 Å². The highest BCUT2D eigenvalue weighted by atomic mass is 79.9. The maximum absolute atomic E-state index is 12.8. The molecule has 4 heterocycles. The zero-order valence-corrected chi connectivity index (χ0v) is 21.5. The molecule has 4 aromatic heterocycles. The Kier molecular flexibility index (Phi) is 6.24. The summed E-state index contributed by atoms with van der Waals surface area (Å²) >= 11 is 4.88. The second-order valence-corrected chi connectivity index (χ2v) is 11.1. The van der Waals surface area contributed by atoms with Gasteiger partial charge in [-0.05, 0) is 65.9 Å². The molecular weight excluding hydrogens is 542 g/mol. The SMILES string of the molecule is O=C(N[C@H]1CCC[C@@H](n2c(Oc3ccccc3)nc3cnc(-n4nccn4)cc32)C1)c1ccc(Br)s1. The van der Waals surface area contributed by atoms with Crippen molar-refractivity contribution in [2.45, 2.75) is 37.8 Å². The van der Waals surface area contributed by atoms with Gasteiger partial charge in [0.2, 0.25) is 0 Å². The molecule has 36 heavy (non-hydrogen) atoms. The fraction of sp³-hybridized carbons (Fsp3) is 0.240. The number of carbonyl (C=O) groups excluding carboxylic acids is 1. The molecule has 1 N–H and O–H groups in total. The Hall–Kier alpha value is -3.57. The van der Waals surface area contributed by atoms with Gasteiger partial charge in [-0.2, -0.15) is 15.2 Å². The normalized spacial score (nSPS) is 17.8. The molecule has 1 aromatic carbocycles. The first kappa shape index (κ1) is 22.9. The molecule has 1 fully saturated rings. The third kappa shape index (κ3) is 4.63. The van der Waals surface area contributed by atoms with Gasteiger partial charge in [0, 0.05) is 18.2 Å². The Morgan fingerprint density at radius 3 is 2.72 bits per heavy atom. The predicted molar refractivity (Wildman–Crippen MR) is 140 cm³/mol. The number of para-hydroxylation sites is 1. The molecule has 1 amide bonds. The monoisotopic (exact) mass is 563 g/mol. The highest BCUT2D eigenvalue weighted by Crippen LogP contribution is 2.37. The van der Waals surface area contributed by atoms with Crippen LogP contribution < -0.4 is 10.1 Å². The summed E-state index contributed by atoms with van der Waals surface area (Å²) in [5, 5.41) is 11.7. The first-order chi connectivity index (χ1) is 17.6. The lowest BCUT2D eigenvalue weighted by Gasteiger charge is -2.31. The Balaban J connectivity index is 1.35. The standard InChI is InChI=1S/C25H22BrN7O2S/c26-22-10-9-21(36-22)24(34)30-16-5-4-6-17(13-16)32-20-14-23(33-28-11-12-29-33)27-15-19(20)31-25(32)35-18-7-2-1-3-8-18/h1-3,7-12,14-17H,4-6,13H2,(H,30,34)/t16-,17+/m0/s1. The lowest BCUT2D eigenvalue weighted by molar-refractivity contribution is 0.0924. The molecule has 2 atom stereocenters. The topological polar surface area (TPSA) is 99.8 Å². The van der Waals surface area contributed by atoms with Crippen LogP contribution in [0.2, 0.25) is 0 Å². The van der Waals surface area contributed by atoms with E-state index in [9.17, 15) is 4.79 Å². The van der Waals surface area contributed by atoms with Gasteiger partial charge >= 0.3 is 6.01 Å². The fourth-order valence-corrected chi connectivity index (χ4v) is 5.94. The van der Waals surface area contributed by atoms with Crippen molar-refractivity contribution in [2.75, 3.05) is 0 Å². The van der Waals surface area contributed by atoms with Crippen LogP contribution >= 0.6 is 27.3 Å². The van der Waals surface area contributed by atoms with Crippen LogP contribution in [0.5, 0.6) is 11.8 Å². The molecule has 5 aromatic rings. The van der Waals surface area contributed by atoms with Crippen LogP contribution in [-0.2, 0) is 0 Å². The number of halogens is 1. The van der Waals surface area contributed by atoms with Gasteiger partial charge in [-0.25, -0.2) is 4.98 Å². The van der Waals surface area contributed by atoms with Crippen LogP contribution in [0.1, 0.15) is 41.4 Å². The van der Waals surface area contributed by atoms with Crippen molar-refractivity contribution in [3.8, 4) is 17.6 Å². The van der Waals surface area contributed by atoms with Gasteiger partial charge in [-0.3, -0.25) is 9.36 Å². The summed E-state index contributed by atoms with van der Waals surface area (Å²) in [7, 11) is 0. The van der Waals surface area contributed by atoms with E-state index in [1.54, 1.807) is 18.6 Å². The van der Waals surface area contributed by atoms with E-state index in [2.05, 4.69) is 41.0 Å². The molecule has 11 heteroatoms. The molecular formula is C25H22BrN7O2S. The molecule has 0 radical (unpaired) electrons. The summed E-state index contributed by atoms with van der Waals surface area (Å²) in [4.78, 5) is 24.3. The maximum Gasteiger partial charge on any atom is 0.303 e. The largest absolute Gasteiger partial charge is 0.425 e. The predicted octanol–water partition coefficient (Wildman–Crippen LogP) is 5.54. The Morgan fingerprint density at radius 2 is 1.94 bits per heavy atom. The summed E-state index contributed by atoms with van der Waals surface area (Å²) < 4.78 is 9.34. The van der Waals surface area contributed by atoms with Crippen LogP contribution in [0.25, 0.3) is 16.9 Å². The molecule has 182 valence electrons. The number of benzene rings is 1. The first-order valence-corrected chi connectivity index (χ1v) is 13.3. The summed E-state index contributed by atoms with van der Waals surface area (Å²) in [5.74, 6) is 1.27. The zero-order chi connectivity index (χ0) is 24.5. The van der Waals surface area contributed by atoms with Crippen molar-refractivity contribution in [3.05, 3.63) is 75.8 Å². The Bertz CT molecular complexity index is 1500. The lowest BCUT2D eigenvalue weighted by atomic mass is 9.90. The van der Waals surface area contributed by atoms with Crippen molar-refractivity contribution in [1.82, 2.24) is 34.8 Å². The van der Waals surface area contributed by atoms with Crippen LogP contribution in [0.4, 0.5) is 0 Å². The highest BCUT2D eigenvalue weighted by Gasteiger charge is 2.29. The molecule has 0 spiro atoms. The zero-order valence-electron chi connectivity index (χ0n) is 19.1. The minimum Gasteiger partial charge on any atom is -0.425 e. The number of nitrogens with zero attached hydrogens (tertiary/aromatic N) is 6. The summed E-state index contributed by atoms with van der Waals surface area (Å²) in [6, 6.07) is 15.9. The summed E-state index contributed by atoms with van der Waals surface area (Å²) in [6.45, 7) is 0. The number of fused-ring (bicyclic) bond motifs is 1. The van der Waals surface area contributed by atoms with Crippen LogP contribution in [-0.4, -0.2) is 41.5 Å². The first-order valence-electron chi connectivity index (χ1n) is 11.7. The number of hydrogen-bond donors (Lipinski definition) is 1. The number of nitrogens with one attached hydrogen (secondary N) is 1. The quantitative estimate of drug-likeness (QED) is 0.291. The second kappa shape index (κ2) is 9.82. The number of imidazole rings is 1. The number of pyridine rings is 1. The third-order valence-electron chi connectivity index (χ3n) is 6.25. The van der Waals surface area contributed by atoms with Crippen molar-refractivity contribution in [1.29, 1.82) is 0 Å². The smallest absolute Gasteiger partial charge is 0.303 e. The fourth-order valence-electron chi connectivity index (χ4n) is 4.65. The van der Waals surface area contributed by atoms with Crippen molar-refractivity contribution in [2.24, 2.45) is 0 Å². The number of carbonyl (C=O) groups is 1. The summed E-state index contributed by atoms with van der Waals surface area (Å²) in [6.07, 6.45) is 8.59. The molecule has 0 unspecified atom stereocenters. The van der Waals surface area contributed by atoms with E-state index < -0.39 is 0 Å². The van der Waals surface area contributed by atoms with Gasteiger partial charge < -0.3 is 10.1 Å². The van der Waals surface area contributed by atoms with E-state index in [0.29, 0.717) is 22.5 Å². The van der Waals surface area contributed by atoms with Crippen molar-refractivity contribution < 1.29 is 9.53 Å². The molecule has 0 bridgehead atoms. The second-order valence-electron chi connectivity index (χ2n) is 8.62. The van der Waals surface area contributed by atoms with Crippen LogP contribution in [0.3, 0.4) is 0 Å².